The molecule has 0 spiro atoms. The summed E-state index contributed by atoms with van der Waals surface area (Å²) in [5.74, 6) is 0.0734. The van der Waals surface area contributed by atoms with Gasteiger partial charge in [-0.25, -0.2) is 9.59 Å². The van der Waals surface area contributed by atoms with Crippen molar-refractivity contribution in [3.8, 4) is 11.5 Å². The summed E-state index contributed by atoms with van der Waals surface area (Å²) in [6, 6.07) is 12.0. The molecule has 0 aliphatic heterocycles. The minimum atomic E-state index is -0.445. The van der Waals surface area contributed by atoms with Gasteiger partial charge in [-0.3, -0.25) is 0 Å². The summed E-state index contributed by atoms with van der Waals surface area (Å²) in [5.41, 5.74) is 5.07. The van der Waals surface area contributed by atoms with Crippen molar-refractivity contribution in [1.82, 2.24) is 0 Å². The van der Waals surface area contributed by atoms with E-state index in [1.165, 1.54) is 0 Å². The molecule has 0 heterocycles. The Bertz CT molecular complexity index is 1050. The van der Waals surface area contributed by atoms with Gasteiger partial charge in [0.1, 0.15) is 11.5 Å². The first kappa shape index (κ1) is 23.0. The number of esters is 2. The van der Waals surface area contributed by atoms with Crippen LogP contribution in [0.3, 0.4) is 0 Å². The fraction of sp³-hybridized carbons (Fsp3) is 0.379. The predicted molar refractivity (Wildman–Crippen MR) is 129 cm³/mol. The van der Waals surface area contributed by atoms with Crippen LogP contribution in [0.2, 0.25) is 0 Å². The maximum Gasteiger partial charge on any atom is 0.340 e. The van der Waals surface area contributed by atoms with E-state index in [9.17, 15) is 9.59 Å². The van der Waals surface area contributed by atoms with E-state index in [-0.39, 0.29) is 11.8 Å². The van der Waals surface area contributed by atoms with E-state index >= 15 is 0 Å². The zero-order valence-corrected chi connectivity index (χ0v) is 19.9. The number of hydrogen-bond donors (Lipinski definition) is 0. The highest BCUT2D eigenvalue weighted by atomic mass is 16.5. The van der Waals surface area contributed by atoms with Crippen LogP contribution >= 0.6 is 0 Å². The van der Waals surface area contributed by atoms with Gasteiger partial charge in [-0.15, -0.1) is 0 Å². The molecule has 172 valence electrons. The van der Waals surface area contributed by atoms with Gasteiger partial charge in [-0.2, -0.15) is 0 Å². The van der Waals surface area contributed by atoms with Gasteiger partial charge < -0.3 is 9.47 Å². The van der Waals surface area contributed by atoms with Crippen LogP contribution in [0.15, 0.2) is 59.7 Å². The van der Waals surface area contributed by atoms with Gasteiger partial charge in [-0.05, 0) is 66.5 Å². The summed E-state index contributed by atoms with van der Waals surface area (Å²) < 4.78 is 11.8. The van der Waals surface area contributed by atoms with E-state index in [0.717, 1.165) is 54.4 Å². The van der Waals surface area contributed by atoms with Crippen molar-refractivity contribution in [2.45, 2.75) is 59.8 Å². The highest BCUT2D eigenvalue weighted by Crippen LogP contribution is 2.45. The van der Waals surface area contributed by atoms with Crippen molar-refractivity contribution in [1.29, 1.82) is 0 Å². The molecule has 33 heavy (non-hydrogen) atoms. The topological polar surface area (TPSA) is 52.6 Å². The molecular formula is C29H32O4. The van der Waals surface area contributed by atoms with Crippen LogP contribution in [0.25, 0.3) is 0 Å². The quantitative estimate of drug-likeness (QED) is 0.287. The van der Waals surface area contributed by atoms with Crippen molar-refractivity contribution < 1.29 is 19.1 Å². The number of hydrogen-bond acceptors (Lipinski definition) is 4. The number of aryl methyl sites for hydroxylation is 4. The zero-order chi connectivity index (χ0) is 23.5. The van der Waals surface area contributed by atoms with Gasteiger partial charge in [0, 0.05) is 11.8 Å². The second-order valence-corrected chi connectivity index (χ2v) is 8.74. The minimum Gasteiger partial charge on any atom is -0.423 e. The zero-order valence-electron chi connectivity index (χ0n) is 19.9. The summed E-state index contributed by atoms with van der Waals surface area (Å²) in [4.78, 5) is 26.7. The number of rotatable bonds is 8. The van der Waals surface area contributed by atoms with Crippen LogP contribution in [-0.4, -0.2) is 11.9 Å². The Balaban J connectivity index is 1.64. The van der Waals surface area contributed by atoms with Crippen LogP contribution in [0.5, 0.6) is 11.5 Å². The lowest BCUT2D eigenvalue weighted by Crippen LogP contribution is -2.23. The predicted octanol–water partition coefficient (Wildman–Crippen LogP) is 5.95. The fourth-order valence-corrected chi connectivity index (χ4v) is 4.77. The third kappa shape index (κ3) is 4.52. The first-order valence-electron chi connectivity index (χ1n) is 12.1. The molecule has 2 atom stereocenters. The summed E-state index contributed by atoms with van der Waals surface area (Å²) >= 11 is 0. The molecule has 0 fully saturated rings. The van der Waals surface area contributed by atoms with E-state index in [2.05, 4.69) is 26.0 Å². The Hall–Kier alpha value is -3.14. The van der Waals surface area contributed by atoms with E-state index in [4.69, 9.17) is 9.47 Å². The summed E-state index contributed by atoms with van der Waals surface area (Å²) in [5, 5.41) is 0. The maximum atomic E-state index is 13.3. The summed E-state index contributed by atoms with van der Waals surface area (Å²) in [7, 11) is 0. The van der Waals surface area contributed by atoms with E-state index in [1.807, 2.05) is 50.3 Å². The van der Waals surface area contributed by atoms with Crippen molar-refractivity contribution in [2.24, 2.45) is 11.8 Å². The second-order valence-electron chi connectivity index (χ2n) is 8.74. The van der Waals surface area contributed by atoms with Gasteiger partial charge >= 0.3 is 11.9 Å². The standard InChI is InChI=1S/C29H32O4/c1-5-18-9-11-20(7-3)24(15-18)32-28(30)26-22-13-14-23(17-22)27(26)29(31)33-25-16-19(6-2)10-12-21(25)8-4/h9-16,22-23H,5-8,17H2,1-4H3. The lowest BCUT2D eigenvalue weighted by molar-refractivity contribution is -0.133. The number of benzene rings is 2. The van der Waals surface area contributed by atoms with Crippen LogP contribution in [0.1, 0.15) is 56.4 Å². The third-order valence-electron chi connectivity index (χ3n) is 6.80. The molecule has 2 unspecified atom stereocenters. The number of allylic oxidation sites excluding steroid dienone is 2. The molecule has 2 aromatic rings. The van der Waals surface area contributed by atoms with Crippen LogP contribution in [-0.2, 0) is 35.3 Å². The molecule has 2 bridgehead atoms. The van der Waals surface area contributed by atoms with E-state index in [1.54, 1.807) is 0 Å². The fourth-order valence-electron chi connectivity index (χ4n) is 4.77. The molecule has 4 nitrogen and oxygen atoms in total. The molecule has 0 saturated heterocycles. The molecule has 2 aliphatic rings. The molecule has 4 heteroatoms. The van der Waals surface area contributed by atoms with Crippen LogP contribution in [0, 0.1) is 11.8 Å². The van der Waals surface area contributed by atoms with Gasteiger partial charge in [-0.1, -0.05) is 64.1 Å². The lowest BCUT2D eigenvalue weighted by Gasteiger charge is -2.17. The summed E-state index contributed by atoms with van der Waals surface area (Å²) in [6.07, 6.45) is 7.99. The van der Waals surface area contributed by atoms with Crippen molar-refractivity contribution in [3.63, 3.8) is 0 Å². The minimum absolute atomic E-state index is 0.0999. The molecule has 4 rings (SSSR count). The Kier molecular flexibility index (Phi) is 6.83. The SMILES string of the molecule is CCc1ccc(CC)c(OC(=O)C2=C(C(=O)Oc3cc(CC)ccc3CC)C3C=CC2C3)c1. The smallest absolute Gasteiger partial charge is 0.340 e. The second kappa shape index (κ2) is 9.78. The van der Waals surface area contributed by atoms with Gasteiger partial charge in [0.05, 0.1) is 11.1 Å². The van der Waals surface area contributed by atoms with Gasteiger partial charge in [0.25, 0.3) is 0 Å². The number of carbonyl (C=O) groups is 2. The number of carbonyl (C=O) groups excluding carboxylic acids is 2. The number of ether oxygens (including phenoxy) is 2. The monoisotopic (exact) mass is 444 g/mol. The molecule has 0 amide bonds. The molecule has 0 saturated carbocycles. The third-order valence-corrected chi connectivity index (χ3v) is 6.80. The molecule has 0 radical (unpaired) electrons. The van der Waals surface area contributed by atoms with Gasteiger partial charge in [0.2, 0.25) is 0 Å². The largest absolute Gasteiger partial charge is 0.423 e. The van der Waals surface area contributed by atoms with Crippen molar-refractivity contribution in [3.05, 3.63) is 82.0 Å². The van der Waals surface area contributed by atoms with Gasteiger partial charge in [0.15, 0.2) is 0 Å². The highest BCUT2D eigenvalue weighted by Gasteiger charge is 2.43. The molecule has 2 aliphatic carbocycles. The molecule has 2 aromatic carbocycles. The Morgan fingerprint density at radius 1 is 0.697 bits per heavy atom. The maximum absolute atomic E-state index is 13.3. The van der Waals surface area contributed by atoms with Crippen molar-refractivity contribution in [2.75, 3.05) is 0 Å². The lowest BCUT2D eigenvalue weighted by atomic mass is 9.97. The average molecular weight is 445 g/mol. The highest BCUT2D eigenvalue weighted by molar-refractivity contribution is 6.04. The van der Waals surface area contributed by atoms with E-state index < -0.39 is 11.9 Å². The normalized spacial score (nSPS) is 18.7. The Labute approximate surface area is 196 Å². The average Bonchev–Trinajstić information content (AvgIpc) is 3.45. The van der Waals surface area contributed by atoms with Crippen LogP contribution in [0.4, 0.5) is 0 Å². The number of fused-ring (bicyclic) bond motifs is 2. The van der Waals surface area contributed by atoms with E-state index in [0.29, 0.717) is 22.6 Å². The molecule has 0 aromatic heterocycles. The molecule has 0 N–H and O–H groups in total. The Morgan fingerprint density at radius 2 is 1.12 bits per heavy atom. The Morgan fingerprint density at radius 3 is 1.48 bits per heavy atom. The summed E-state index contributed by atoms with van der Waals surface area (Å²) in [6.45, 7) is 8.22. The van der Waals surface area contributed by atoms with Crippen molar-refractivity contribution >= 4 is 11.9 Å². The van der Waals surface area contributed by atoms with Crippen LogP contribution < -0.4 is 9.47 Å². The first-order valence-corrected chi connectivity index (χ1v) is 12.1. The first-order chi connectivity index (χ1) is 16.0. The molecular weight excluding hydrogens is 412 g/mol.